The summed E-state index contributed by atoms with van der Waals surface area (Å²) in [6.07, 6.45) is 1.30. The van der Waals surface area contributed by atoms with Crippen molar-refractivity contribution < 1.29 is 19.0 Å². The van der Waals surface area contributed by atoms with E-state index in [4.69, 9.17) is 4.74 Å². The van der Waals surface area contributed by atoms with E-state index >= 15 is 0 Å². The largest absolute Gasteiger partial charge is 0.444 e. The van der Waals surface area contributed by atoms with Crippen LogP contribution in [0, 0.1) is 5.82 Å². The molecule has 1 aromatic rings. The first-order chi connectivity index (χ1) is 11.3. The zero-order valence-electron chi connectivity index (χ0n) is 14.6. The smallest absolute Gasteiger partial charge is 0.410 e. The predicted molar refractivity (Wildman–Crippen MR) is 90.2 cm³/mol. The number of piperidine rings is 1. The number of hydrogen-bond acceptors (Lipinski definition) is 4. The lowest BCUT2D eigenvalue weighted by molar-refractivity contribution is 0.0193. The minimum atomic E-state index is -0.489. The van der Waals surface area contributed by atoms with Crippen LogP contribution in [0.3, 0.4) is 0 Å². The van der Waals surface area contributed by atoms with Crippen molar-refractivity contribution in [3.8, 4) is 0 Å². The number of hydrogen-bond donors (Lipinski definition) is 2. The van der Waals surface area contributed by atoms with Gasteiger partial charge in [0.25, 0.3) is 0 Å². The number of aliphatic hydroxyl groups excluding tert-OH is 1. The summed E-state index contributed by atoms with van der Waals surface area (Å²) in [5, 5.41) is 13.0. The van der Waals surface area contributed by atoms with Gasteiger partial charge in [-0.25, -0.2) is 9.18 Å². The van der Waals surface area contributed by atoms with E-state index < -0.39 is 5.60 Å². The highest BCUT2D eigenvalue weighted by Gasteiger charge is 2.27. The second-order valence-corrected chi connectivity index (χ2v) is 7.20. The van der Waals surface area contributed by atoms with E-state index in [1.54, 1.807) is 17.0 Å². The number of nitrogens with zero attached hydrogens (tertiary/aromatic N) is 1. The molecule has 134 valence electrons. The fraction of sp³-hybridized carbons (Fsp3) is 0.611. The van der Waals surface area contributed by atoms with Gasteiger partial charge in [0.05, 0.1) is 12.6 Å². The minimum Gasteiger partial charge on any atom is -0.444 e. The minimum absolute atomic E-state index is 0.0576. The molecule has 1 heterocycles. The Hall–Kier alpha value is -1.66. The van der Waals surface area contributed by atoms with Crippen LogP contribution in [0.1, 0.15) is 45.2 Å². The van der Waals surface area contributed by atoms with Crippen LogP contribution in [0.25, 0.3) is 0 Å². The lowest BCUT2D eigenvalue weighted by Crippen LogP contribution is -2.47. The van der Waals surface area contributed by atoms with Crippen molar-refractivity contribution >= 4 is 6.09 Å². The number of halogens is 1. The average Bonchev–Trinajstić information content (AvgIpc) is 2.52. The van der Waals surface area contributed by atoms with Gasteiger partial charge in [0.15, 0.2) is 0 Å². The predicted octanol–water partition coefficient (Wildman–Crippen LogP) is 2.85. The van der Waals surface area contributed by atoms with E-state index in [0.717, 1.165) is 18.4 Å². The Balaban J connectivity index is 1.85. The van der Waals surface area contributed by atoms with Crippen LogP contribution in [0.5, 0.6) is 0 Å². The second-order valence-electron chi connectivity index (χ2n) is 7.20. The first-order valence-electron chi connectivity index (χ1n) is 8.39. The van der Waals surface area contributed by atoms with E-state index in [-0.39, 0.29) is 30.6 Å². The van der Waals surface area contributed by atoms with Gasteiger partial charge >= 0.3 is 6.09 Å². The van der Waals surface area contributed by atoms with E-state index in [1.807, 2.05) is 20.8 Å². The molecule has 24 heavy (non-hydrogen) atoms. The zero-order chi connectivity index (χ0) is 17.7. The maximum Gasteiger partial charge on any atom is 0.410 e. The Morgan fingerprint density at radius 1 is 1.33 bits per heavy atom. The molecule has 0 bridgehead atoms. The van der Waals surface area contributed by atoms with Gasteiger partial charge in [-0.3, -0.25) is 0 Å². The van der Waals surface area contributed by atoms with Crippen LogP contribution >= 0.6 is 0 Å². The fourth-order valence-electron chi connectivity index (χ4n) is 2.79. The van der Waals surface area contributed by atoms with Crippen LogP contribution in [-0.4, -0.2) is 47.4 Å². The summed E-state index contributed by atoms with van der Waals surface area (Å²) in [5.41, 5.74) is 0.366. The van der Waals surface area contributed by atoms with Crippen molar-refractivity contribution in [2.45, 2.75) is 51.3 Å². The van der Waals surface area contributed by atoms with E-state index in [1.165, 1.54) is 12.1 Å². The molecule has 0 radical (unpaired) electrons. The molecule has 1 atom stereocenters. The molecule has 1 saturated heterocycles. The van der Waals surface area contributed by atoms with Crippen molar-refractivity contribution in [3.63, 3.8) is 0 Å². The number of carbonyl (C=O) groups excluding carboxylic acids is 1. The van der Waals surface area contributed by atoms with Crippen molar-refractivity contribution in [2.75, 3.05) is 19.7 Å². The molecule has 1 aromatic carbocycles. The summed E-state index contributed by atoms with van der Waals surface area (Å²) >= 11 is 0. The van der Waals surface area contributed by atoms with Gasteiger partial charge in [0.2, 0.25) is 0 Å². The van der Waals surface area contributed by atoms with E-state index in [0.29, 0.717) is 13.1 Å². The fourth-order valence-corrected chi connectivity index (χ4v) is 2.79. The summed E-state index contributed by atoms with van der Waals surface area (Å²) < 4.78 is 18.4. The number of ether oxygens (including phenoxy) is 1. The average molecular weight is 338 g/mol. The molecular formula is C18H27FN2O3. The molecule has 0 spiro atoms. The maximum atomic E-state index is 13.0. The van der Waals surface area contributed by atoms with Gasteiger partial charge in [0, 0.05) is 19.1 Å². The van der Waals surface area contributed by atoms with Crippen LogP contribution in [0.4, 0.5) is 9.18 Å². The van der Waals surface area contributed by atoms with E-state index in [9.17, 15) is 14.3 Å². The van der Waals surface area contributed by atoms with Crippen molar-refractivity contribution in [1.29, 1.82) is 0 Å². The number of benzene rings is 1. The SMILES string of the molecule is CC(C)(C)OC(=O)N1CCC(N[C@@H](CO)c2ccc(F)cc2)CC1. The number of amides is 1. The standard InChI is InChI=1S/C18H27FN2O3/c1-18(2,3)24-17(23)21-10-8-15(9-11-21)20-16(12-22)13-4-6-14(19)7-5-13/h4-7,15-16,20,22H,8-12H2,1-3H3/t16-/m0/s1. The van der Waals surface area contributed by atoms with Crippen LogP contribution in [0.2, 0.25) is 0 Å². The van der Waals surface area contributed by atoms with Crippen LogP contribution in [0.15, 0.2) is 24.3 Å². The van der Waals surface area contributed by atoms with Crippen molar-refractivity contribution in [2.24, 2.45) is 0 Å². The molecule has 1 aliphatic heterocycles. The second kappa shape index (κ2) is 7.94. The van der Waals surface area contributed by atoms with Crippen molar-refractivity contribution in [3.05, 3.63) is 35.6 Å². The maximum absolute atomic E-state index is 13.0. The molecule has 1 amide bonds. The van der Waals surface area contributed by atoms with Gasteiger partial charge in [-0.05, 0) is 51.3 Å². The zero-order valence-corrected chi connectivity index (χ0v) is 14.6. The van der Waals surface area contributed by atoms with Gasteiger partial charge in [0.1, 0.15) is 11.4 Å². The third-order valence-corrected chi connectivity index (χ3v) is 4.04. The quantitative estimate of drug-likeness (QED) is 0.886. The number of aliphatic hydroxyl groups is 1. The molecule has 0 unspecified atom stereocenters. The third-order valence-electron chi connectivity index (χ3n) is 4.04. The Morgan fingerprint density at radius 3 is 2.42 bits per heavy atom. The molecule has 1 fully saturated rings. The first-order valence-corrected chi connectivity index (χ1v) is 8.39. The Kier molecular flexibility index (Phi) is 6.18. The van der Waals surface area contributed by atoms with Gasteiger partial charge in [-0.1, -0.05) is 12.1 Å². The molecule has 1 aliphatic rings. The molecule has 2 rings (SSSR count). The Labute approximate surface area is 142 Å². The first kappa shape index (κ1) is 18.7. The molecule has 5 nitrogen and oxygen atoms in total. The summed E-state index contributed by atoms with van der Waals surface area (Å²) in [4.78, 5) is 13.8. The summed E-state index contributed by atoms with van der Waals surface area (Å²) in [6.45, 7) is 6.75. The Morgan fingerprint density at radius 2 is 1.92 bits per heavy atom. The number of carbonyl (C=O) groups is 1. The number of likely N-dealkylation sites (tertiary alicyclic amines) is 1. The molecule has 6 heteroatoms. The topological polar surface area (TPSA) is 61.8 Å². The molecule has 2 N–H and O–H groups in total. The lowest BCUT2D eigenvalue weighted by atomic mass is 10.0. The monoisotopic (exact) mass is 338 g/mol. The van der Waals surface area contributed by atoms with Gasteiger partial charge in [-0.2, -0.15) is 0 Å². The molecule has 0 aromatic heterocycles. The van der Waals surface area contributed by atoms with Crippen LogP contribution in [-0.2, 0) is 4.74 Å². The highest BCUT2D eigenvalue weighted by Crippen LogP contribution is 2.19. The van der Waals surface area contributed by atoms with Gasteiger partial charge < -0.3 is 20.1 Å². The molecule has 0 saturated carbocycles. The van der Waals surface area contributed by atoms with Crippen molar-refractivity contribution in [1.82, 2.24) is 10.2 Å². The molecule has 0 aliphatic carbocycles. The number of nitrogens with one attached hydrogen (secondary N) is 1. The normalized spacial score (nSPS) is 17.6. The highest BCUT2D eigenvalue weighted by atomic mass is 19.1. The lowest BCUT2D eigenvalue weighted by Gasteiger charge is -2.35. The molecular weight excluding hydrogens is 311 g/mol. The van der Waals surface area contributed by atoms with Crippen LogP contribution < -0.4 is 5.32 Å². The summed E-state index contributed by atoms with van der Waals surface area (Å²) in [5.74, 6) is -0.291. The highest BCUT2D eigenvalue weighted by molar-refractivity contribution is 5.68. The van der Waals surface area contributed by atoms with Gasteiger partial charge in [-0.15, -0.1) is 0 Å². The van der Waals surface area contributed by atoms with E-state index in [2.05, 4.69) is 5.32 Å². The summed E-state index contributed by atoms with van der Waals surface area (Å²) in [6, 6.07) is 6.11. The summed E-state index contributed by atoms with van der Waals surface area (Å²) in [7, 11) is 0. The Bertz CT molecular complexity index is 534. The third kappa shape index (κ3) is 5.46. The number of rotatable bonds is 4.